The van der Waals surface area contributed by atoms with E-state index < -0.39 is 17.2 Å². The highest BCUT2D eigenvalue weighted by Crippen LogP contribution is 2.57. The maximum atomic E-state index is 13.9. The van der Waals surface area contributed by atoms with E-state index in [2.05, 4.69) is 48.7 Å². The molecule has 358 valence electrons. The van der Waals surface area contributed by atoms with Crippen molar-refractivity contribution in [3.63, 3.8) is 0 Å². The van der Waals surface area contributed by atoms with Gasteiger partial charge in [-0.15, -0.1) is 0 Å². The predicted octanol–water partition coefficient (Wildman–Crippen LogP) is 12.2. The van der Waals surface area contributed by atoms with Gasteiger partial charge in [0.2, 0.25) is 0 Å². The summed E-state index contributed by atoms with van der Waals surface area (Å²) in [5, 5.41) is 10.7. The quantitative estimate of drug-likeness (QED) is 0.167. The van der Waals surface area contributed by atoms with Gasteiger partial charge < -0.3 is 13.9 Å². The zero-order valence-corrected chi connectivity index (χ0v) is 38.7. The van der Waals surface area contributed by atoms with Crippen molar-refractivity contribution in [2.45, 2.75) is 112 Å². The van der Waals surface area contributed by atoms with E-state index in [-0.39, 0.29) is 42.2 Å². The summed E-state index contributed by atoms with van der Waals surface area (Å²) in [6.07, 6.45) is 15.0. The van der Waals surface area contributed by atoms with Gasteiger partial charge in [-0.25, -0.2) is 18.7 Å². The first kappa shape index (κ1) is 45.8. The fourth-order valence-corrected chi connectivity index (χ4v) is 12.7. The van der Waals surface area contributed by atoms with Crippen LogP contribution in [0.4, 0.5) is 22.0 Å². The molecule has 0 bridgehead atoms. The van der Waals surface area contributed by atoms with Crippen LogP contribution >= 0.6 is 0 Å². The predicted molar refractivity (Wildman–Crippen MR) is 257 cm³/mol. The number of rotatable bonds is 6. The average molecular weight is 949 g/mol. The minimum atomic E-state index is -4.67. The van der Waals surface area contributed by atoms with Crippen LogP contribution in [0, 0.1) is 23.5 Å². The minimum absolute atomic E-state index is 0.0946. The second kappa shape index (κ2) is 18.0. The van der Waals surface area contributed by atoms with Crippen molar-refractivity contribution in [2.24, 2.45) is 11.8 Å². The number of alkyl halides is 3. The largest absolute Gasteiger partial charge is 0.417 e. The summed E-state index contributed by atoms with van der Waals surface area (Å²) < 4.78 is 72.8. The van der Waals surface area contributed by atoms with Crippen LogP contribution in [0.1, 0.15) is 97.8 Å². The number of imidazole rings is 2. The molecule has 0 amide bonds. The molecule has 12 rings (SSSR count). The molecule has 6 heterocycles. The number of hydrogen-bond donors (Lipinski definition) is 1. The van der Waals surface area contributed by atoms with Crippen LogP contribution in [0.2, 0.25) is 0 Å². The number of Topliss-reactive ketones (excluding diaryl/α,β-unsaturated/α-hetero) is 1. The number of pyridine rings is 4. The molecular weight excluding hydrogens is 896 g/mol. The molecule has 0 aliphatic heterocycles. The fraction of sp³-hybridized carbons (Fsp3) is 0.351. The number of aryl methyl sites for hydroxylation is 2. The zero-order valence-electron chi connectivity index (χ0n) is 38.7. The molecule has 70 heavy (non-hydrogen) atoms. The third kappa shape index (κ3) is 8.29. The molecule has 4 aliphatic carbocycles. The smallest absolute Gasteiger partial charge is 0.380 e. The standard InChI is InChI=1S/C29H27F4N3O.C28H26FN3O/c30-22-9-7-19(8-10-22)26-25-14-20-4-3-5-21-15-28(37,29(31,32)33)12-11-27(21,16-23-6-1-2-13-34-23)24(20)17-36(25)18-35-26;29-22-9-7-19(8-10-22)27-26-14-20-4-3-5-21-15-24(33)11-12-28(21,16-23-6-1-2-13-30-23)25(20)17-32(26)18-31-27/h1-2,6-10,13-14,17-18,21,37H,3-5,11-12,15-16H2;1-2,6-10,13-14,17-18,21H,3-5,11-12,15-16H2/t21-,27+,28-;21-,28+/m11/s1. The van der Waals surface area contributed by atoms with Crippen LogP contribution in [-0.4, -0.2) is 51.4 Å². The molecule has 8 aromatic rings. The Morgan fingerprint density at radius 2 is 1.11 bits per heavy atom. The Kier molecular flexibility index (Phi) is 11.8. The van der Waals surface area contributed by atoms with Crippen molar-refractivity contribution in [3.8, 4) is 22.5 Å². The molecule has 5 atom stereocenters. The SMILES string of the molecule is O=C1CC[C@@]2(Cc3ccccn3)c3cn4cnc(-c5ccc(F)cc5)c4cc3CCC[C@@H]2C1.O[C@]1(C(F)(F)F)CC[C@@]2(Cc3ccccn3)c3cn4cnc(-c5ccc(F)cc5)c4cc3CCC[C@@H]2C1. The summed E-state index contributed by atoms with van der Waals surface area (Å²) in [6, 6.07) is 28.9. The molecule has 0 spiro atoms. The number of benzene rings is 2. The van der Waals surface area contributed by atoms with Crippen LogP contribution in [0.3, 0.4) is 0 Å². The van der Waals surface area contributed by atoms with E-state index in [1.165, 1.54) is 35.4 Å². The highest BCUT2D eigenvalue weighted by Gasteiger charge is 2.61. The topological polar surface area (TPSA) is 97.7 Å². The summed E-state index contributed by atoms with van der Waals surface area (Å²) in [4.78, 5) is 30.9. The first-order valence-electron chi connectivity index (χ1n) is 24.4. The van der Waals surface area contributed by atoms with Crippen LogP contribution in [0.25, 0.3) is 33.5 Å². The van der Waals surface area contributed by atoms with E-state index in [0.717, 1.165) is 101 Å². The summed E-state index contributed by atoms with van der Waals surface area (Å²) in [5.41, 5.74) is 8.58. The monoisotopic (exact) mass is 948 g/mol. The van der Waals surface area contributed by atoms with E-state index in [4.69, 9.17) is 0 Å². The highest BCUT2D eigenvalue weighted by molar-refractivity contribution is 5.81. The molecule has 6 aromatic heterocycles. The lowest BCUT2D eigenvalue weighted by Crippen LogP contribution is -2.55. The zero-order chi connectivity index (χ0) is 48.3. The Balaban J connectivity index is 0.000000153. The van der Waals surface area contributed by atoms with E-state index in [9.17, 15) is 31.9 Å². The van der Waals surface area contributed by atoms with Gasteiger partial charge in [0.1, 0.15) is 17.4 Å². The van der Waals surface area contributed by atoms with Gasteiger partial charge in [0.15, 0.2) is 5.60 Å². The Hall–Kier alpha value is -6.60. The second-order valence-electron chi connectivity index (χ2n) is 20.2. The molecule has 4 aliphatic rings. The van der Waals surface area contributed by atoms with Crippen molar-refractivity contribution in [2.75, 3.05) is 0 Å². The normalized spacial score (nSPS) is 24.3. The molecule has 2 aromatic carbocycles. The summed E-state index contributed by atoms with van der Waals surface area (Å²) in [7, 11) is 0. The lowest BCUT2D eigenvalue weighted by molar-refractivity contribution is -0.279. The first-order valence-corrected chi connectivity index (χ1v) is 24.4. The third-order valence-corrected chi connectivity index (χ3v) is 16.2. The van der Waals surface area contributed by atoms with Crippen molar-refractivity contribution >= 4 is 16.8 Å². The number of fused-ring (bicyclic) bond motifs is 8. The Labute approximate surface area is 402 Å². The van der Waals surface area contributed by atoms with Gasteiger partial charge in [-0.3, -0.25) is 14.8 Å². The first-order chi connectivity index (χ1) is 33.8. The van der Waals surface area contributed by atoms with Crippen molar-refractivity contribution in [1.82, 2.24) is 28.7 Å². The number of aliphatic hydroxyl groups is 1. The molecule has 2 saturated carbocycles. The summed E-state index contributed by atoms with van der Waals surface area (Å²) in [5.74, 6) is -0.194. The number of carbonyl (C=O) groups is 1. The van der Waals surface area contributed by atoms with Gasteiger partial charge in [-0.05, 0) is 196 Å². The Morgan fingerprint density at radius 1 is 0.614 bits per heavy atom. The van der Waals surface area contributed by atoms with Crippen LogP contribution in [0.5, 0.6) is 0 Å². The molecule has 0 saturated heterocycles. The van der Waals surface area contributed by atoms with Crippen LogP contribution in [-0.2, 0) is 41.3 Å². The van der Waals surface area contributed by atoms with Crippen molar-refractivity contribution < 1.29 is 31.9 Å². The Morgan fingerprint density at radius 3 is 1.60 bits per heavy atom. The molecule has 2 fully saturated rings. The molecule has 0 unspecified atom stereocenters. The van der Waals surface area contributed by atoms with E-state index in [0.29, 0.717) is 37.4 Å². The number of ketones is 1. The van der Waals surface area contributed by atoms with E-state index in [1.807, 2.05) is 53.5 Å². The molecule has 0 radical (unpaired) electrons. The number of aromatic nitrogens is 6. The van der Waals surface area contributed by atoms with Crippen molar-refractivity contribution in [3.05, 3.63) is 180 Å². The van der Waals surface area contributed by atoms with Gasteiger partial charge in [0.05, 0.1) is 35.1 Å². The van der Waals surface area contributed by atoms with Gasteiger partial charge in [0, 0.05) is 71.0 Å². The molecule has 13 heteroatoms. The molecular formula is C57H53F5N6O2. The van der Waals surface area contributed by atoms with Gasteiger partial charge in [-0.2, -0.15) is 13.2 Å². The second-order valence-corrected chi connectivity index (χ2v) is 20.2. The van der Waals surface area contributed by atoms with Gasteiger partial charge in [0.25, 0.3) is 0 Å². The van der Waals surface area contributed by atoms with Gasteiger partial charge in [-0.1, -0.05) is 12.1 Å². The number of hydrogen-bond acceptors (Lipinski definition) is 6. The lowest BCUT2D eigenvalue weighted by atomic mass is 9.56. The molecule has 8 nitrogen and oxygen atoms in total. The average Bonchev–Trinajstić information content (AvgIpc) is 3.89. The maximum Gasteiger partial charge on any atom is 0.417 e. The molecule has 1 N–H and O–H groups in total. The van der Waals surface area contributed by atoms with Crippen LogP contribution in [0.15, 0.2) is 135 Å². The Bertz CT molecular complexity index is 3190. The highest BCUT2D eigenvalue weighted by atomic mass is 19.4. The number of halogens is 5. The lowest BCUT2D eigenvalue weighted by Gasteiger charge is -2.50. The number of nitrogens with zero attached hydrogens (tertiary/aromatic N) is 6. The van der Waals surface area contributed by atoms with E-state index in [1.54, 1.807) is 36.8 Å². The van der Waals surface area contributed by atoms with Crippen LogP contribution < -0.4 is 0 Å². The summed E-state index contributed by atoms with van der Waals surface area (Å²) >= 11 is 0. The van der Waals surface area contributed by atoms with Crippen molar-refractivity contribution in [1.29, 1.82) is 0 Å². The number of carbonyl (C=O) groups excluding carboxylic acids is 1. The van der Waals surface area contributed by atoms with E-state index >= 15 is 0 Å². The fourth-order valence-electron chi connectivity index (χ4n) is 12.7. The minimum Gasteiger partial charge on any atom is -0.380 e. The third-order valence-electron chi connectivity index (χ3n) is 16.2. The van der Waals surface area contributed by atoms with Gasteiger partial charge >= 0.3 is 6.18 Å². The maximum absolute atomic E-state index is 13.9. The summed E-state index contributed by atoms with van der Waals surface area (Å²) in [6.45, 7) is 0.